The van der Waals surface area contributed by atoms with Gasteiger partial charge in [0.05, 0.1) is 18.5 Å². The van der Waals surface area contributed by atoms with Crippen LogP contribution >= 0.6 is 11.8 Å². The van der Waals surface area contributed by atoms with Gasteiger partial charge in [-0.25, -0.2) is 18.6 Å². The third-order valence-corrected chi connectivity index (χ3v) is 7.99. The maximum atomic E-state index is 14.0. The molecule has 2 N–H and O–H groups in total. The quantitative estimate of drug-likeness (QED) is 0.144. The Morgan fingerprint density at radius 3 is 2.29 bits per heavy atom. The molecule has 0 aliphatic heterocycles. The maximum absolute atomic E-state index is 14.0. The zero-order chi connectivity index (χ0) is 32.2. The summed E-state index contributed by atoms with van der Waals surface area (Å²) in [6.45, 7) is 4.80. The second kappa shape index (κ2) is 16.9. The first-order valence-corrected chi connectivity index (χ1v) is 16.4. The molecule has 0 fully saturated rings. The summed E-state index contributed by atoms with van der Waals surface area (Å²) in [5.74, 6) is -0.823. The molecule has 1 amide bonds. The highest BCUT2D eigenvalue weighted by atomic mass is 32.2. The van der Waals surface area contributed by atoms with Crippen molar-refractivity contribution in [2.45, 2.75) is 57.8 Å². The van der Waals surface area contributed by atoms with Crippen LogP contribution in [0.4, 0.5) is 8.78 Å². The largest absolute Gasteiger partial charge is 0.461 e. The van der Waals surface area contributed by atoms with E-state index in [1.165, 1.54) is 24.3 Å². The van der Waals surface area contributed by atoms with Crippen molar-refractivity contribution >= 4 is 23.6 Å². The summed E-state index contributed by atoms with van der Waals surface area (Å²) in [6.07, 6.45) is 8.51. The maximum Gasteiger partial charge on any atom is 0.328 e. The minimum absolute atomic E-state index is 0.305. The zero-order valence-electron chi connectivity index (χ0n) is 25.8. The third-order valence-electron chi connectivity index (χ3n) is 7.34. The van der Waals surface area contributed by atoms with Crippen molar-refractivity contribution in [1.29, 1.82) is 0 Å². The second-order valence-corrected chi connectivity index (χ2v) is 12.1. The number of carbonyl (C=O) groups excluding carboxylic acids is 2. The molecule has 4 aromatic rings. The summed E-state index contributed by atoms with van der Waals surface area (Å²) < 4.78 is 34.8. The molecule has 1 unspecified atom stereocenters. The van der Waals surface area contributed by atoms with Crippen LogP contribution < -0.4 is 10.6 Å². The number of rotatable bonds is 16. The summed E-state index contributed by atoms with van der Waals surface area (Å²) in [4.78, 5) is 31.0. The highest BCUT2D eigenvalue weighted by Crippen LogP contribution is 2.26. The number of thioether (sulfide) groups is 1. The number of ether oxygens (including phenoxy) is 1. The average molecular weight is 635 g/mol. The van der Waals surface area contributed by atoms with E-state index in [1.54, 1.807) is 62.4 Å². The first kappa shape index (κ1) is 33.9. The smallest absolute Gasteiger partial charge is 0.328 e. The number of aryl methyl sites for hydroxylation is 2. The van der Waals surface area contributed by atoms with Crippen LogP contribution in [0.5, 0.6) is 0 Å². The summed E-state index contributed by atoms with van der Waals surface area (Å²) >= 11 is 1.58. The molecule has 0 bridgehead atoms. The van der Waals surface area contributed by atoms with Crippen molar-refractivity contribution in [2.24, 2.45) is 0 Å². The Morgan fingerprint density at radius 2 is 1.64 bits per heavy atom. The minimum Gasteiger partial charge on any atom is -0.461 e. The molecule has 45 heavy (non-hydrogen) atoms. The van der Waals surface area contributed by atoms with Gasteiger partial charge in [0.15, 0.2) is 0 Å². The molecule has 0 aliphatic carbocycles. The molecule has 2 atom stereocenters. The Balaban J connectivity index is 1.67. The van der Waals surface area contributed by atoms with Crippen molar-refractivity contribution in [2.75, 3.05) is 18.6 Å². The molecule has 0 aliphatic rings. The highest BCUT2D eigenvalue weighted by Gasteiger charge is 2.26. The van der Waals surface area contributed by atoms with Crippen LogP contribution in [0.3, 0.4) is 0 Å². The number of nitrogens with zero attached hydrogens (tertiary/aromatic N) is 2. The second-order valence-electron chi connectivity index (χ2n) is 11.1. The van der Waals surface area contributed by atoms with Crippen molar-refractivity contribution < 1.29 is 23.1 Å². The van der Waals surface area contributed by atoms with Gasteiger partial charge in [0.25, 0.3) is 5.91 Å². The molecule has 0 saturated carbocycles. The van der Waals surface area contributed by atoms with Crippen LogP contribution in [0.25, 0.3) is 0 Å². The van der Waals surface area contributed by atoms with Gasteiger partial charge in [-0.05, 0) is 97.7 Å². The Bertz CT molecular complexity index is 1510. The summed E-state index contributed by atoms with van der Waals surface area (Å²) in [7, 11) is 0. The predicted octanol–water partition coefficient (Wildman–Crippen LogP) is 6.13. The van der Waals surface area contributed by atoms with Gasteiger partial charge in [-0.1, -0.05) is 36.4 Å². The topological polar surface area (TPSA) is 85.3 Å². The first-order valence-electron chi connectivity index (χ1n) is 15.1. The SMILES string of the molecule is CSCC[C@H](NC(=O)c1cc(C(NCCn2ccnc2)c2ccc(F)cc2)ccc1CCc1ccc(F)cc1)C(=O)OC(C)C. The van der Waals surface area contributed by atoms with Crippen molar-refractivity contribution in [3.8, 4) is 0 Å². The molecular weight excluding hydrogens is 594 g/mol. The van der Waals surface area contributed by atoms with Gasteiger partial charge in [0.1, 0.15) is 17.7 Å². The monoisotopic (exact) mass is 634 g/mol. The van der Waals surface area contributed by atoms with Gasteiger partial charge in [-0.2, -0.15) is 11.8 Å². The fraction of sp³-hybridized carbons (Fsp3) is 0.343. The summed E-state index contributed by atoms with van der Waals surface area (Å²) in [5.41, 5.74) is 3.82. The number of nitrogens with one attached hydrogen (secondary N) is 2. The van der Waals surface area contributed by atoms with E-state index >= 15 is 0 Å². The molecule has 0 saturated heterocycles. The first-order chi connectivity index (χ1) is 21.7. The molecular formula is C35H40F2N4O3S. The average Bonchev–Trinajstić information content (AvgIpc) is 3.55. The lowest BCUT2D eigenvalue weighted by molar-refractivity contribution is -0.149. The van der Waals surface area contributed by atoms with Crippen LogP contribution in [0.2, 0.25) is 0 Å². The van der Waals surface area contributed by atoms with Gasteiger partial charge in [-0.15, -0.1) is 0 Å². The van der Waals surface area contributed by atoms with Crippen LogP contribution in [0.15, 0.2) is 85.5 Å². The van der Waals surface area contributed by atoms with E-state index in [0.717, 1.165) is 22.3 Å². The Morgan fingerprint density at radius 1 is 0.956 bits per heavy atom. The zero-order valence-corrected chi connectivity index (χ0v) is 26.7. The van der Waals surface area contributed by atoms with Gasteiger partial charge < -0.3 is 19.9 Å². The predicted molar refractivity (Wildman–Crippen MR) is 174 cm³/mol. The third kappa shape index (κ3) is 10.3. The molecule has 0 radical (unpaired) electrons. The van der Waals surface area contributed by atoms with Gasteiger partial charge in [0.2, 0.25) is 0 Å². The standard InChI is InChI=1S/C35H40F2N4O3S/c1-24(2)44-35(43)32(16-21-45-3)40-34(42)31-22-28(9-8-26(31)7-4-25-5-12-29(36)13-6-25)33(27-10-14-30(37)15-11-27)39-18-20-41-19-17-38-23-41/h5-6,8-15,17,19,22-24,32-33,39H,4,7,16,18,20-21H2,1-3H3,(H,40,42)/t32-,33?/m0/s1. The number of carbonyl (C=O) groups is 2. The number of hydrogen-bond acceptors (Lipinski definition) is 6. The number of hydrogen-bond donors (Lipinski definition) is 2. The molecule has 1 heterocycles. The highest BCUT2D eigenvalue weighted by molar-refractivity contribution is 7.98. The molecule has 7 nitrogen and oxygen atoms in total. The van der Waals surface area contributed by atoms with E-state index in [0.29, 0.717) is 43.7 Å². The molecule has 10 heteroatoms. The lowest BCUT2D eigenvalue weighted by atomic mass is 9.92. The summed E-state index contributed by atoms with van der Waals surface area (Å²) in [5, 5.41) is 6.49. The van der Waals surface area contributed by atoms with Gasteiger partial charge in [0, 0.05) is 31.0 Å². The van der Waals surface area contributed by atoms with Crippen LogP contribution in [-0.4, -0.2) is 52.1 Å². The lowest BCUT2D eigenvalue weighted by Crippen LogP contribution is -2.43. The molecule has 4 rings (SSSR count). The van der Waals surface area contributed by atoms with E-state index < -0.39 is 12.0 Å². The lowest BCUT2D eigenvalue weighted by Gasteiger charge is -2.23. The molecule has 238 valence electrons. The molecule has 0 spiro atoms. The number of esters is 1. The van der Waals surface area contributed by atoms with E-state index in [9.17, 15) is 18.4 Å². The van der Waals surface area contributed by atoms with Crippen LogP contribution in [-0.2, 0) is 28.9 Å². The molecule has 3 aromatic carbocycles. The van der Waals surface area contributed by atoms with Crippen LogP contribution in [0, 0.1) is 11.6 Å². The van der Waals surface area contributed by atoms with Gasteiger partial charge in [-0.3, -0.25) is 4.79 Å². The summed E-state index contributed by atoms with van der Waals surface area (Å²) in [6, 6.07) is 17.2. The van der Waals surface area contributed by atoms with E-state index in [-0.39, 0.29) is 29.7 Å². The van der Waals surface area contributed by atoms with Crippen molar-refractivity contribution in [3.63, 3.8) is 0 Å². The van der Waals surface area contributed by atoms with E-state index in [4.69, 9.17) is 4.74 Å². The fourth-order valence-electron chi connectivity index (χ4n) is 5.01. The van der Waals surface area contributed by atoms with E-state index in [1.807, 2.05) is 35.2 Å². The van der Waals surface area contributed by atoms with Crippen LogP contribution in [0.1, 0.15) is 58.9 Å². The number of aromatic nitrogens is 2. The normalized spacial score (nSPS) is 12.6. The minimum atomic E-state index is -0.804. The van der Waals surface area contributed by atoms with E-state index in [2.05, 4.69) is 15.6 Å². The fourth-order valence-corrected chi connectivity index (χ4v) is 5.48. The number of halogens is 2. The number of benzene rings is 3. The van der Waals surface area contributed by atoms with Crippen molar-refractivity contribution in [3.05, 3.63) is 125 Å². The Hall–Kier alpha value is -4.02. The number of amides is 1. The van der Waals surface area contributed by atoms with Crippen molar-refractivity contribution in [1.82, 2.24) is 20.2 Å². The Kier molecular flexibility index (Phi) is 12.7. The van der Waals surface area contributed by atoms with Gasteiger partial charge >= 0.3 is 5.97 Å². The molecule has 1 aromatic heterocycles. The number of imidazole rings is 1. The Labute approximate surface area is 267 Å².